The first kappa shape index (κ1) is 11.7. The van der Waals surface area contributed by atoms with E-state index in [1.54, 1.807) is 6.20 Å². The van der Waals surface area contributed by atoms with Gasteiger partial charge in [0.05, 0.1) is 11.7 Å². The number of nitrogens with zero attached hydrogens (tertiary/aromatic N) is 1. The molecule has 0 saturated carbocycles. The van der Waals surface area contributed by atoms with Crippen molar-refractivity contribution in [2.75, 3.05) is 5.32 Å². The molecule has 2 rings (SSSR count). The Hall–Kier alpha value is -0.810. The summed E-state index contributed by atoms with van der Waals surface area (Å²) in [6.07, 6.45) is 1.75. The van der Waals surface area contributed by atoms with Crippen LogP contribution in [0.3, 0.4) is 0 Å². The standard InChI is InChI=1S/C11H11Br2N3/c1-7(10-4-5-14-16-10)15-11-3-2-8(12)6-9(11)13/h2-7,15H,1H3,(H,14,16). The Bertz CT molecular complexity index is 468. The van der Waals surface area contributed by atoms with E-state index in [0.29, 0.717) is 0 Å². The van der Waals surface area contributed by atoms with Gasteiger partial charge in [-0.25, -0.2) is 0 Å². The molecule has 1 heterocycles. The highest BCUT2D eigenvalue weighted by Crippen LogP contribution is 2.28. The van der Waals surface area contributed by atoms with Crippen LogP contribution in [0.5, 0.6) is 0 Å². The summed E-state index contributed by atoms with van der Waals surface area (Å²) < 4.78 is 2.09. The highest BCUT2D eigenvalue weighted by Gasteiger charge is 2.08. The lowest BCUT2D eigenvalue weighted by atomic mass is 10.2. The summed E-state index contributed by atoms with van der Waals surface area (Å²) in [5.41, 5.74) is 2.13. The van der Waals surface area contributed by atoms with Gasteiger partial charge in [-0.2, -0.15) is 5.10 Å². The molecule has 5 heteroatoms. The van der Waals surface area contributed by atoms with Crippen molar-refractivity contribution in [2.24, 2.45) is 0 Å². The number of H-pyrrole nitrogens is 1. The normalized spacial score (nSPS) is 12.4. The molecule has 0 bridgehead atoms. The van der Waals surface area contributed by atoms with Crippen molar-refractivity contribution >= 4 is 37.5 Å². The highest BCUT2D eigenvalue weighted by molar-refractivity contribution is 9.11. The number of hydrogen-bond acceptors (Lipinski definition) is 2. The minimum absolute atomic E-state index is 0.194. The lowest BCUT2D eigenvalue weighted by Gasteiger charge is -2.15. The molecule has 2 N–H and O–H groups in total. The van der Waals surface area contributed by atoms with Crippen molar-refractivity contribution in [3.63, 3.8) is 0 Å². The van der Waals surface area contributed by atoms with E-state index in [2.05, 4.69) is 54.3 Å². The summed E-state index contributed by atoms with van der Waals surface area (Å²) in [6.45, 7) is 2.09. The van der Waals surface area contributed by atoms with Gasteiger partial charge in [0.1, 0.15) is 0 Å². The molecular weight excluding hydrogens is 334 g/mol. The molecule has 1 aromatic heterocycles. The lowest BCUT2D eigenvalue weighted by molar-refractivity contribution is 0.825. The minimum Gasteiger partial charge on any atom is -0.376 e. The van der Waals surface area contributed by atoms with E-state index in [0.717, 1.165) is 20.3 Å². The molecule has 0 saturated heterocycles. The van der Waals surface area contributed by atoms with Crippen molar-refractivity contribution in [3.05, 3.63) is 45.1 Å². The second-order valence-corrected chi connectivity index (χ2v) is 5.27. The maximum Gasteiger partial charge on any atom is 0.0651 e. The zero-order valence-corrected chi connectivity index (χ0v) is 11.8. The Morgan fingerprint density at radius 2 is 2.12 bits per heavy atom. The molecule has 0 radical (unpaired) electrons. The van der Waals surface area contributed by atoms with Gasteiger partial charge in [-0.05, 0) is 47.1 Å². The fourth-order valence-corrected chi connectivity index (χ4v) is 2.59. The Labute approximate surface area is 111 Å². The van der Waals surface area contributed by atoms with Gasteiger partial charge in [-0.3, -0.25) is 5.10 Å². The predicted octanol–water partition coefficient (Wildman–Crippen LogP) is 4.11. The van der Waals surface area contributed by atoms with E-state index in [9.17, 15) is 0 Å². The summed E-state index contributed by atoms with van der Waals surface area (Å²) in [5.74, 6) is 0. The summed E-state index contributed by atoms with van der Waals surface area (Å²) >= 11 is 6.95. The Balaban J connectivity index is 2.15. The smallest absolute Gasteiger partial charge is 0.0651 e. The molecule has 0 aliphatic heterocycles. The van der Waals surface area contributed by atoms with Crippen molar-refractivity contribution in [1.82, 2.24) is 10.2 Å². The highest BCUT2D eigenvalue weighted by atomic mass is 79.9. The van der Waals surface area contributed by atoms with Crippen LogP contribution in [-0.4, -0.2) is 10.2 Å². The zero-order valence-electron chi connectivity index (χ0n) is 8.67. The molecular formula is C11H11Br2N3. The number of benzene rings is 1. The summed E-state index contributed by atoms with van der Waals surface area (Å²) in [5, 5.41) is 10.3. The van der Waals surface area contributed by atoms with Crippen molar-refractivity contribution in [1.29, 1.82) is 0 Å². The molecule has 0 aliphatic rings. The van der Waals surface area contributed by atoms with E-state index < -0.39 is 0 Å². The SMILES string of the molecule is CC(Nc1ccc(Br)cc1Br)c1ccn[nH]1. The fraction of sp³-hybridized carbons (Fsp3) is 0.182. The average molecular weight is 345 g/mol. The van der Waals surface area contributed by atoms with Crippen LogP contribution in [0.25, 0.3) is 0 Å². The van der Waals surface area contributed by atoms with Crippen molar-refractivity contribution in [3.8, 4) is 0 Å². The van der Waals surface area contributed by atoms with Gasteiger partial charge >= 0.3 is 0 Å². The molecule has 16 heavy (non-hydrogen) atoms. The van der Waals surface area contributed by atoms with Gasteiger partial charge in [-0.1, -0.05) is 15.9 Å². The fourth-order valence-electron chi connectivity index (χ4n) is 1.43. The number of halogens is 2. The quantitative estimate of drug-likeness (QED) is 0.879. The van der Waals surface area contributed by atoms with Crippen LogP contribution >= 0.6 is 31.9 Å². The van der Waals surface area contributed by atoms with Crippen molar-refractivity contribution in [2.45, 2.75) is 13.0 Å². The van der Waals surface area contributed by atoms with Crippen LogP contribution in [0.1, 0.15) is 18.7 Å². The number of aromatic amines is 1. The van der Waals surface area contributed by atoms with E-state index in [-0.39, 0.29) is 6.04 Å². The Kier molecular flexibility index (Phi) is 3.66. The second kappa shape index (κ2) is 5.01. The van der Waals surface area contributed by atoms with Gasteiger partial charge in [0.2, 0.25) is 0 Å². The molecule has 1 aromatic carbocycles. The van der Waals surface area contributed by atoms with Crippen LogP contribution in [0.2, 0.25) is 0 Å². The zero-order chi connectivity index (χ0) is 11.5. The minimum atomic E-state index is 0.194. The predicted molar refractivity (Wildman–Crippen MR) is 72.5 cm³/mol. The Morgan fingerprint density at radius 1 is 1.31 bits per heavy atom. The first-order chi connectivity index (χ1) is 7.66. The van der Waals surface area contributed by atoms with Gasteiger partial charge in [0, 0.05) is 20.8 Å². The molecule has 0 fully saturated rings. The molecule has 3 nitrogen and oxygen atoms in total. The van der Waals surface area contributed by atoms with E-state index in [4.69, 9.17) is 0 Å². The molecule has 2 aromatic rings. The van der Waals surface area contributed by atoms with Gasteiger partial charge in [-0.15, -0.1) is 0 Å². The third-order valence-corrected chi connectivity index (χ3v) is 3.44. The number of aromatic nitrogens is 2. The van der Waals surface area contributed by atoms with Crippen LogP contribution in [0.15, 0.2) is 39.4 Å². The third-order valence-electron chi connectivity index (χ3n) is 2.29. The molecule has 1 atom stereocenters. The monoisotopic (exact) mass is 343 g/mol. The molecule has 0 spiro atoms. The largest absolute Gasteiger partial charge is 0.376 e. The van der Waals surface area contributed by atoms with Gasteiger partial charge < -0.3 is 5.32 Å². The number of hydrogen-bond donors (Lipinski definition) is 2. The van der Waals surface area contributed by atoms with Crippen molar-refractivity contribution < 1.29 is 0 Å². The van der Waals surface area contributed by atoms with Gasteiger partial charge in [0.25, 0.3) is 0 Å². The number of rotatable bonds is 3. The van der Waals surface area contributed by atoms with Crippen LogP contribution in [-0.2, 0) is 0 Å². The maximum atomic E-state index is 3.94. The first-order valence-corrected chi connectivity index (χ1v) is 6.46. The van der Waals surface area contributed by atoms with Crippen LogP contribution < -0.4 is 5.32 Å². The van der Waals surface area contributed by atoms with Gasteiger partial charge in [0.15, 0.2) is 0 Å². The third kappa shape index (κ3) is 2.65. The molecule has 0 amide bonds. The number of anilines is 1. The molecule has 0 aliphatic carbocycles. The average Bonchev–Trinajstić information content (AvgIpc) is 2.75. The topological polar surface area (TPSA) is 40.7 Å². The summed E-state index contributed by atoms with van der Waals surface area (Å²) in [7, 11) is 0. The van der Waals surface area contributed by atoms with Crippen LogP contribution in [0, 0.1) is 0 Å². The van der Waals surface area contributed by atoms with E-state index >= 15 is 0 Å². The Morgan fingerprint density at radius 3 is 2.75 bits per heavy atom. The lowest BCUT2D eigenvalue weighted by Crippen LogP contribution is -2.07. The maximum absolute atomic E-state index is 3.94. The summed E-state index contributed by atoms with van der Waals surface area (Å²) in [4.78, 5) is 0. The van der Waals surface area contributed by atoms with E-state index in [1.165, 1.54) is 0 Å². The molecule has 84 valence electrons. The van der Waals surface area contributed by atoms with E-state index in [1.807, 2.05) is 24.3 Å². The molecule has 1 unspecified atom stereocenters. The summed E-state index contributed by atoms with van der Waals surface area (Å²) in [6, 6.07) is 8.21. The second-order valence-electron chi connectivity index (χ2n) is 3.50. The number of nitrogens with one attached hydrogen (secondary N) is 2. The van der Waals surface area contributed by atoms with Crippen LogP contribution in [0.4, 0.5) is 5.69 Å². The first-order valence-electron chi connectivity index (χ1n) is 4.87.